The molecule has 0 unspecified atom stereocenters. The van der Waals surface area contributed by atoms with Crippen LogP contribution in [0.15, 0.2) is 78.0 Å². The molecule has 118 valence electrons. The first-order valence-electron chi connectivity index (χ1n) is 7.57. The van der Waals surface area contributed by atoms with Crippen molar-refractivity contribution in [3.05, 3.63) is 83.9 Å². The van der Waals surface area contributed by atoms with Gasteiger partial charge in [-0.05, 0) is 41.4 Å². The first kappa shape index (κ1) is 15.2. The molecule has 0 atom stereocenters. The number of hydrogen-bond donors (Lipinski definition) is 0. The Morgan fingerprint density at radius 3 is 2.67 bits per heavy atom. The summed E-state index contributed by atoms with van der Waals surface area (Å²) in [5, 5.41) is 1.47. The van der Waals surface area contributed by atoms with Crippen molar-refractivity contribution in [1.29, 1.82) is 0 Å². The summed E-state index contributed by atoms with van der Waals surface area (Å²) < 4.78 is 2.04. The fourth-order valence-electron chi connectivity index (χ4n) is 2.66. The molecule has 0 saturated heterocycles. The molecule has 4 aromatic rings. The molecule has 2 aromatic carbocycles. The molecule has 2 aromatic heterocycles. The van der Waals surface area contributed by atoms with Crippen LogP contribution in [0.5, 0.6) is 0 Å². The fraction of sp³-hybridized carbons (Fsp3) is 0.0526. The molecule has 0 saturated carbocycles. The number of halogens is 1. The van der Waals surface area contributed by atoms with E-state index in [1.165, 1.54) is 15.8 Å². The second-order valence-electron chi connectivity index (χ2n) is 5.33. The van der Waals surface area contributed by atoms with E-state index in [2.05, 4.69) is 58.5 Å². The number of aromatic nitrogens is 3. The molecular formula is C19H14ClN3S. The van der Waals surface area contributed by atoms with Crippen molar-refractivity contribution in [2.24, 2.45) is 0 Å². The van der Waals surface area contributed by atoms with Crippen LogP contribution < -0.4 is 0 Å². The highest BCUT2D eigenvalue weighted by Crippen LogP contribution is 2.32. The maximum Gasteiger partial charge on any atom is 0.224 e. The van der Waals surface area contributed by atoms with Crippen LogP contribution in [0, 0.1) is 0 Å². The van der Waals surface area contributed by atoms with E-state index in [0.29, 0.717) is 0 Å². The van der Waals surface area contributed by atoms with Crippen LogP contribution in [0.4, 0.5) is 0 Å². The van der Waals surface area contributed by atoms with Gasteiger partial charge in [-0.1, -0.05) is 36.4 Å². The van der Waals surface area contributed by atoms with E-state index in [1.54, 1.807) is 6.20 Å². The van der Waals surface area contributed by atoms with Crippen molar-refractivity contribution in [2.45, 2.75) is 10.6 Å². The second-order valence-corrected chi connectivity index (χ2v) is 6.69. The Morgan fingerprint density at radius 2 is 1.83 bits per heavy atom. The number of benzene rings is 2. The Balaban J connectivity index is 1.69. The first-order valence-corrected chi connectivity index (χ1v) is 8.93. The van der Waals surface area contributed by atoms with Crippen LogP contribution in [0.2, 0.25) is 5.28 Å². The minimum atomic E-state index is 0.254. The highest BCUT2D eigenvalue weighted by atomic mass is 35.5. The van der Waals surface area contributed by atoms with Crippen molar-refractivity contribution >= 4 is 34.3 Å². The Bertz CT molecular complexity index is 982. The molecule has 4 rings (SSSR count). The Labute approximate surface area is 149 Å². The van der Waals surface area contributed by atoms with Gasteiger partial charge in [0.15, 0.2) is 0 Å². The SMILES string of the molecule is Clc1nccc(-n2ccc3c(SCc4ccccc4)cccc32)n1. The maximum atomic E-state index is 5.92. The second kappa shape index (κ2) is 6.67. The minimum absolute atomic E-state index is 0.254. The summed E-state index contributed by atoms with van der Waals surface area (Å²) in [5.74, 6) is 1.72. The molecule has 0 amide bonds. The highest BCUT2D eigenvalue weighted by Gasteiger charge is 2.09. The predicted octanol–water partition coefficient (Wildman–Crippen LogP) is 5.37. The van der Waals surface area contributed by atoms with Crippen molar-refractivity contribution in [1.82, 2.24) is 14.5 Å². The summed E-state index contributed by atoms with van der Waals surface area (Å²) in [6.45, 7) is 0. The van der Waals surface area contributed by atoms with Crippen molar-refractivity contribution in [3.63, 3.8) is 0 Å². The summed E-state index contributed by atoms with van der Waals surface area (Å²) in [6, 6.07) is 20.8. The lowest BCUT2D eigenvalue weighted by atomic mass is 10.2. The number of hydrogen-bond acceptors (Lipinski definition) is 3. The average molecular weight is 352 g/mol. The van der Waals surface area contributed by atoms with Gasteiger partial charge in [-0.25, -0.2) is 4.98 Å². The zero-order valence-corrected chi connectivity index (χ0v) is 14.3. The van der Waals surface area contributed by atoms with Crippen LogP contribution >= 0.6 is 23.4 Å². The van der Waals surface area contributed by atoms with Gasteiger partial charge in [0, 0.05) is 28.4 Å². The minimum Gasteiger partial charge on any atom is -0.301 e. The topological polar surface area (TPSA) is 30.7 Å². The van der Waals surface area contributed by atoms with Gasteiger partial charge < -0.3 is 4.57 Å². The van der Waals surface area contributed by atoms with E-state index in [1.807, 2.05) is 34.7 Å². The molecule has 0 spiro atoms. The fourth-order valence-corrected chi connectivity index (χ4v) is 3.82. The van der Waals surface area contributed by atoms with E-state index in [4.69, 9.17) is 11.6 Å². The van der Waals surface area contributed by atoms with E-state index in [9.17, 15) is 0 Å². The molecule has 0 fully saturated rings. The van der Waals surface area contributed by atoms with E-state index in [0.717, 1.165) is 17.1 Å². The summed E-state index contributed by atoms with van der Waals surface area (Å²) in [4.78, 5) is 9.51. The monoisotopic (exact) mass is 351 g/mol. The van der Waals surface area contributed by atoms with Crippen LogP contribution in [-0.2, 0) is 5.75 Å². The quantitative estimate of drug-likeness (QED) is 0.366. The third-order valence-electron chi connectivity index (χ3n) is 3.79. The van der Waals surface area contributed by atoms with Crippen molar-refractivity contribution < 1.29 is 0 Å². The van der Waals surface area contributed by atoms with Crippen molar-refractivity contribution in [2.75, 3.05) is 0 Å². The van der Waals surface area contributed by atoms with Crippen LogP contribution in [0.1, 0.15) is 5.56 Å². The average Bonchev–Trinajstić information content (AvgIpc) is 3.05. The first-order chi connectivity index (χ1) is 11.8. The lowest BCUT2D eigenvalue weighted by Gasteiger charge is -2.07. The van der Waals surface area contributed by atoms with Crippen LogP contribution in [0.3, 0.4) is 0 Å². The molecule has 2 heterocycles. The zero-order chi connectivity index (χ0) is 16.4. The third kappa shape index (κ3) is 3.03. The molecule has 24 heavy (non-hydrogen) atoms. The van der Waals surface area contributed by atoms with Gasteiger partial charge in [-0.15, -0.1) is 11.8 Å². The highest BCUT2D eigenvalue weighted by molar-refractivity contribution is 7.98. The van der Waals surface area contributed by atoms with E-state index >= 15 is 0 Å². The summed E-state index contributed by atoms with van der Waals surface area (Å²) in [5.41, 5.74) is 2.43. The molecule has 0 aliphatic rings. The molecular weight excluding hydrogens is 338 g/mol. The normalized spacial score (nSPS) is 11.0. The number of nitrogens with zero attached hydrogens (tertiary/aromatic N) is 3. The van der Waals surface area contributed by atoms with Gasteiger partial charge in [-0.2, -0.15) is 4.98 Å². The number of rotatable bonds is 4. The van der Waals surface area contributed by atoms with Crippen molar-refractivity contribution in [3.8, 4) is 5.82 Å². The van der Waals surface area contributed by atoms with Gasteiger partial charge in [0.2, 0.25) is 5.28 Å². The predicted molar refractivity (Wildman–Crippen MR) is 99.9 cm³/mol. The van der Waals surface area contributed by atoms with Gasteiger partial charge in [0.05, 0.1) is 5.52 Å². The number of fused-ring (bicyclic) bond motifs is 1. The van der Waals surface area contributed by atoms with Crippen LogP contribution in [-0.4, -0.2) is 14.5 Å². The van der Waals surface area contributed by atoms with Gasteiger partial charge >= 0.3 is 0 Å². The van der Waals surface area contributed by atoms with Gasteiger partial charge in [0.25, 0.3) is 0 Å². The largest absolute Gasteiger partial charge is 0.301 e. The molecule has 0 radical (unpaired) electrons. The van der Waals surface area contributed by atoms with Gasteiger partial charge in [-0.3, -0.25) is 0 Å². The Hall–Kier alpha value is -2.30. The van der Waals surface area contributed by atoms with Gasteiger partial charge in [0.1, 0.15) is 5.82 Å². The van der Waals surface area contributed by atoms with E-state index < -0.39 is 0 Å². The van der Waals surface area contributed by atoms with Crippen LogP contribution in [0.25, 0.3) is 16.7 Å². The molecule has 0 aliphatic heterocycles. The smallest absolute Gasteiger partial charge is 0.224 e. The lowest BCUT2D eigenvalue weighted by molar-refractivity contribution is 1.01. The summed E-state index contributed by atoms with van der Waals surface area (Å²) in [7, 11) is 0. The lowest BCUT2D eigenvalue weighted by Crippen LogP contribution is -1.96. The Kier molecular flexibility index (Phi) is 4.24. The summed E-state index contributed by atoms with van der Waals surface area (Å²) in [6.07, 6.45) is 3.69. The molecule has 3 nitrogen and oxygen atoms in total. The zero-order valence-electron chi connectivity index (χ0n) is 12.8. The third-order valence-corrected chi connectivity index (χ3v) is 5.12. The maximum absolute atomic E-state index is 5.92. The molecule has 0 N–H and O–H groups in total. The summed E-state index contributed by atoms with van der Waals surface area (Å²) >= 11 is 7.76. The molecule has 5 heteroatoms. The van der Waals surface area contributed by atoms with E-state index in [-0.39, 0.29) is 5.28 Å². The standard InChI is InChI=1S/C19H14ClN3S/c20-19-21-11-9-18(22-19)23-12-10-15-16(23)7-4-8-17(15)24-13-14-5-2-1-3-6-14/h1-12H,13H2. The number of thioether (sulfide) groups is 1. The Morgan fingerprint density at radius 1 is 0.958 bits per heavy atom. The molecule has 0 bridgehead atoms. The molecule has 0 aliphatic carbocycles.